The summed E-state index contributed by atoms with van der Waals surface area (Å²) in [6.07, 6.45) is 2.28. The maximum Gasteiger partial charge on any atom is 0.192 e. The number of carbonyl (C=O) groups excluding carboxylic acids is 1. The highest BCUT2D eigenvalue weighted by atomic mass is 32.2. The topological polar surface area (TPSA) is 47.8 Å². The standard InChI is InChI=1S/C21H20FN3OS/c1-14(19(26)16-9-11-18(22)12-10-16)27-21-24-23-20(17-7-8-17)25(21)13-15-5-3-2-4-6-15/h2-6,9-12,14,17H,7-8,13H2,1H3. The number of rotatable bonds is 7. The summed E-state index contributed by atoms with van der Waals surface area (Å²) < 4.78 is 15.2. The largest absolute Gasteiger partial charge is 0.301 e. The first kappa shape index (κ1) is 17.9. The zero-order valence-corrected chi connectivity index (χ0v) is 15.8. The van der Waals surface area contributed by atoms with Gasteiger partial charge in [-0.1, -0.05) is 42.1 Å². The molecule has 1 heterocycles. The molecule has 6 heteroatoms. The SMILES string of the molecule is CC(Sc1nnc(C2CC2)n1Cc1ccccc1)C(=O)c1ccc(F)cc1. The zero-order valence-electron chi connectivity index (χ0n) is 15.0. The van der Waals surface area contributed by atoms with Gasteiger partial charge in [-0.3, -0.25) is 4.79 Å². The Balaban J connectivity index is 1.56. The van der Waals surface area contributed by atoms with Gasteiger partial charge >= 0.3 is 0 Å². The third-order valence-corrected chi connectivity index (χ3v) is 5.73. The summed E-state index contributed by atoms with van der Waals surface area (Å²) >= 11 is 1.41. The van der Waals surface area contributed by atoms with E-state index >= 15 is 0 Å². The molecular weight excluding hydrogens is 361 g/mol. The lowest BCUT2D eigenvalue weighted by Gasteiger charge is -2.13. The molecule has 0 aliphatic heterocycles. The second kappa shape index (κ2) is 7.64. The van der Waals surface area contributed by atoms with Gasteiger partial charge in [-0.2, -0.15) is 0 Å². The fraction of sp³-hybridized carbons (Fsp3) is 0.286. The quantitative estimate of drug-likeness (QED) is 0.439. The van der Waals surface area contributed by atoms with E-state index in [-0.39, 0.29) is 16.9 Å². The van der Waals surface area contributed by atoms with Crippen LogP contribution in [0.1, 0.15) is 47.4 Å². The molecule has 4 nitrogen and oxygen atoms in total. The average molecular weight is 381 g/mol. The molecule has 0 N–H and O–H groups in total. The summed E-state index contributed by atoms with van der Waals surface area (Å²) in [5.74, 6) is 1.09. The minimum Gasteiger partial charge on any atom is -0.301 e. The molecule has 0 amide bonds. The van der Waals surface area contributed by atoms with E-state index in [1.54, 1.807) is 0 Å². The normalized spacial score (nSPS) is 14.9. The Hall–Kier alpha value is -2.47. The van der Waals surface area contributed by atoms with Crippen molar-refractivity contribution < 1.29 is 9.18 Å². The lowest BCUT2D eigenvalue weighted by Crippen LogP contribution is -2.15. The molecule has 2 aromatic carbocycles. The molecule has 1 saturated carbocycles. The number of carbonyl (C=O) groups is 1. The molecular formula is C21H20FN3OS. The Bertz CT molecular complexity index is 936. The number of thioether (sulfide) groups is 1. The van der Waals surface area contributed by atoms with Crippen molar-refractivity contribution in [3.63, 3.8) is 0 Å². The van der Waals surface area contributed by atoms with E-state index in [2.05, 4.69) is 26.9 Å². The number of aromatic nitrogens is 3. The van der Waals surface area contributed by atoms with Gasteiger partial charge in [0.25, 0.3) is 0 Å². The highest BCUT2D eigenvalue weighted by Gasteiger charge is 2.31. The summed E-state index contributed by atoms with van der Waals surface area (Å²) in [6.45, 7) is 2.55. The molecule has 1 aliphatic rings. The molecule has 4 rings (SSSR count). The molecule has 0 spiro atoms. The van der Waals surface area contributed by atoms with Gasteiger partial charge in [0.2, 0.25) is 0 Å². The van der Waals surface area contributed by atoms with Crippen molar-refractivity contribution >= 4 is 17.5 Å². The number of hydrogen-bond donors (Lipinski definition) is 0. The number of benzene rings is 2. The van der Waals surface area contributed by atoms with Crippen LogP contribution in [0, 0.1) is 5.82 Å². The minimum atomic E-state index is -0.344. The van der Waals surface area contributed by atoms with Gasteiger partial charge in [0, 0.05) is 11.5 Å². The smallest absolute Gasteiger partial charge is 0.192 e. The summed E-state index contributed by atoms with van der Waals surface area (Å²) in [7, 11) is 0. The Kier molecular flexibility index (Phi) is 5.07. The third-order valence-electron chi connectivity index (χ3n) is 4.65. The molecule has 0 radical (unpaired) electrons. The van der Waals surface area contributed by atoms with Gasteiger partial charge in [0.05, 0.1) is 11.8 Å². The van der Waals surface area contributed by atoms with Crippen LogP contribution in [0.25, 0.3) is 0 Å². The van der Waals surface area contributed by atoms with Crippen LogP contribution >= 0.6 is 11.8 Å². The number of ketones is 1. The second-order valence-corrected chi connectivity index (χ2v) is 8.13. The van der Waals surface area contributed by atoms with Crippen LogP contribution in [0.4, 0.5) is 4.39 Å². The van der Waals surface area contributed by atoms with Crippen molar-refractivity contribution in [1.82, 2.24) is 14.8 Å². The number of Topliss-reactive ketones (excluding diaryl/α,β-unsaturated/α-hetero) is 1. The van der Waals surface area contributed by atoms with Gasteiger partial charge in [0.15, 0.2) is 10.9 Å². The molecule has 3 aromatic rings. The molecule has 0 bridgehead atoms. The van der Waals surface area contributed by atoms with E-state index in [4.69, 9.17) is 0 Å². The van der Waals surface area contributed by atoms with Gasteiger partial charge < -0.3 is 4.57 Å². The molecule has 1 aromatic heterocycles. The second-order valence-electron chi connectivity index (χ2n) is 6.82. The first-order valence-electron chi connectivity index (χ1n) is 9.05. The lowest BCUT2D eigenvalue weighted by molar-refractivity contribution is 0.0994. The minimum absolute atomic E-state index is 0.0396. The van der Waals surface area contributed by atoms with Crippen LogP contribution < -0.4 is 0 Å². The predicted molar refractivity (Wildman–Crippen MR) is 104 cm³/mol. The number of hydrogen-bond acceptors (Lipinski definition) is 4. The Morgan fingerprint density at radius 3 is 2.52 bits per heavy atom. The van der Waals surface area contributed by atoms with Gasteiger partial charge in [-0.25, -0.2) is 4.39 Å². The molecule has 1 unspecified atom stereocenters. The average Bonchev–Trinajstić information content (AvgIpc) is 3.46. The molecule has 27 heavy (non-hydrogen) atoms. The van der Waals surface area contributed by atoms with Crippen molar-refractivity contribution in [2.45, 2.75) is 42.6 Å². The highest BCUT2D eigenvalue weighted by molar-refractivity contribution is 8.00. The Morgan fingerprint density at radius 1 is 1.15 bits per heavy atom. The summed E-state index contributed by atoms with van der Waals surface area (Å²) in [4.78, 5) is 12.7. The highest BCUT2D eigenvalue weighted by Crippen LogP contribution is 2.40. The predicted octanol–water partition coefficient (Wildman–Crippen LogP) is 4.71. The number of nitrogens with zero attached hydrogens (tertiary/aromatic N) is 3. The van der Waals surface area contributed by atoms with Crippen molar-refractivity contribution in [2.24, 2.45) is 0 Å². The summed E-state index contributed by atoms with van der Waals surface area (Å²) in [5, 5.41) is 9.19. The third kappa shape index (κ3) is 4.11. The van der Waals surface area contributed by atoms with Gasteiger partial charge in [0.1, 0.15) is 11.6 Å². The van der Waals surface area contributed by atoms with E-state index < -0.39 is 0 Å². The molecule has 1 aliphatic carbocycles. The number of halogens is 1. The molecule has 138 valence electrons. The van der Waals surface area contributed by atoms with Crippen LogP contribution in [0.15, 0.2) is 59.8 Å². The zero-order chi connectivity index (χ0) is 18.8. The van der Waals surface area contributed by atoms with Crippen molar-refractivity contribution in [3.05, 3.63) is 77.4 Å². The van der Waals surface area contributed by atoms with E-state index in [1.165, 1.54) is 41.6 Å². The van der Waals surface area contributed by atoms with Crippen LogP contribution in [0.5, 0.6) is 0 Å². The van der Waals surface area contributed by atoms with E-state index in [0.717, 1.165) is 23.8 Å². The molecule has 0 saturated heterocycles. The maximum absolute atomic E-state index is 13.1. The van der Waals surface area contributed by atoms with Gasteiger partial charge in [-0.15, -0.1) is 10.2 Å². The van der Waals surface area contributed by atoms with E-state index in [9.17, 15) is 9.18 Å². The fourth-order valence-corrected chi connectivity index (χ4v) is 3.94. The van der Waals surface area contributed by atoms with Crippen LogP contribution in [0.2, 0.25) is 0 Å². The van der Waals surface area contributed by atoms with Crippen LogP contribution in [-0.2, 0) is 6.54 Å². The van der Waals surface area contributed by atoms with E-state index in [1.807, 2.05) is 25.1 Å². The lowest BCUT2D eigenvalue weighted by atomic mass is 10.1. The van der Waals surface area contributed by atoms with E-state index in [0.29, 0.717) is 18.0 Å². The molecule has 1 fully saturated rings. The van der Waals surface area contributed by atoms with Crippen molar-refractivity contribution in [2.75, 3.05) is 0 Å². The first-order valence-corrected chi connectivity index (χ1v) is 9.93. The summed E-state index contributed by atoms with van der Waals surface area (Å²) in [5.41, 5.74) is 1.69. The fourth-order valence-electron chi connectivity index (χ4n) is 3.01. The van der Waals surface area contributed by atoms with Crippen LogP contribution in [-0.4, -0.2) is 25.8 Å². The Morgan fingerprint density at radius 2 is 1.85 bits per heavy atom. The van der Waals surface area contributed by atoms with Crippen LogP contribution in [0.3, 0.4) is 0 Å². The molecule has 1 atom stereocenters. The Labute approximate surface area is 161 Å². The van der Waals surface area contributed by atoms with Gasteiger partial charge in [-0.05, 0) is 49.6 Å². The van der Waals surface area contributed by atoms with Crippen molar-refractivity contribution in [1.29, 1.82) is 0 Å². The summed E-state index contributed by atoms with van der Waals surface area (Å²) in [6, 6.07) is 15.9. The monoisotopic (exact) mass is 381 g/mol. The maximum atomic E-state index is 13.1. The first-order chi connectivity index (χ1) is 13.1. The van der Waals surface area contributed by atoms with Crippen molar-refractivity contribution in [3.8, 4) is 0 Å².